The molecule has 3 rings (SSSR count). The van der Waals surface area contributed by atoms with E-state index in [1.165, 1.54) is 0 Å². The molecule has 4 heteroatoms. The number of aromatic nitrogens is 1. The van der Waals surface area contributed by atoms with E-state index < -0.39 is 0 Å². The second-order valence-electron chi connectivity index (χ2n) is 4.66. The van der Waals surface area contributed by atoms with Crippen molar-refractivity contribution in [3.8, 4) is 22.6 Å². The number of aryl methyl sites for hydroxylation is 1. The van der Waals surface area contributed by atoms with Crippen LogP contribution in [0.1, 0.15) is 11.5 Å². The van der Waals surface area contributed by atoms with Crippen LogP contribution in [0.3, 0.4) is 0 Å². The largest absolute Gasteiger partial charge is 0.457 e. The zero-order chi connectivity index (χ0) is 14.7. The topological polar surface area (TPSA) is 55.5 Å². The summed E-state index contributed by atoms with van der Waals surface area (Å²) in [6.45, 7) is 1.69. The number of hydrogen-bond donors (Lipinski definition) is 1. The van der Waals surface area contributed by atoms with E-state index in [-0.39, 0.29) is 6.61 Å². The van der Waals surface area contributed by atoms with Gasteiger partial charge in [-0.05, 0) is 36.8 Å². The lowest BCUT2D eigenvalue weighted by Gasteiger charge is -2.06. The number of nitrogens with zero attached hydrogens (tertiary/aromatic N) is 1. The van der Waals surface area contributed by atoms with Gasteiger partial charge in [-0.1, -0.05) is 35.5 Å². The molecule has 0 bridgehead atoms. The van der Waals surface area contributed by atoms with Crippen molar-refractivity contribution in [2.24, 2.45) is 0 Å². The van der Waals surface area contributed by atoms with Gasteiger partial charge in [0.25, 0.3) is 0 Å². The second-order valence-corrected chi connectivity index (χ2v) is 4.66. The highest BCUT2D eigenvalue weighted by molar-refractivity contribution is 5.68. The van der Waals surface area contributed by atoms with Gasteiger partial charge in [0.05, 0.1) is 6.61 Å². The molecule has 0 spiro atoms. The molecule has 21 heavy (non-hydrogen) atoms. The van der Waals surface area contributed by atoms with E-state index in [0.717, 1.165) is 22.6 Å². The Labute approximate surface area is 122 Å². The van der Waals surface area contributed by atoms with E-state index in [0.29, 0.717) is 11.5 Å². The summed E-state index contributed by atoms with van der Waals surface area (Å²) >= 11 is 0. The minimum Gasteiger partial charge on any atom is -0.457 e. The van der Waals surface area contributed by atoms with E-state index in [2.05, 4.69) is 5.16 Å². The van der Waals surface area contributed by atoms with Crippen molar-refractivity contribution in [2.75, 3.05) is 0 Å². The predicted octanol–water partition coefficient (Wildman–Crippen LogP) is 3.93. The van der Waals surface area contributed by atoms with Crippen LogP contribution in [0.2, 0.25) is 0 Å². The highest BCUT2D eigenvalue weighted by Crippen LogP contribution is 2.30. The Bertz CT molecular complexity index is 718. The number of para-hydroxylation sites is 1. The first kappa shape index (κ1) is 13.4. The fourth-order valence-corrected chi connectivity index (χ4v) is 2.21. The fourth-order valence-electron chi connectivity index (χ4n) is 2.21. The fraction of sp³-hybridized carbons (Fsp3) is 0.118. The van der Waals surface area contributed by atoms with Crippen molar-refractivity contribution in [1.82, 2.24) is 5.16 Å². The number of aliphatic hydroxyl groups is 1. The first-order valence-electron chi connectivity index (χ1n) is 6.67. The molecule has 1 N–H and O–H groups in total. The molecule has 106 valence electrons. The maximum atomic E-state index is 9.30. The molecule has 0 amide bonds. The molecule has 0 radical (unpaired) electrons. The standard InChI is InChI=1S/C17H15NO3/c1-12-17(16(11-19)18-21-12)13-7-9-15(10-8-13)20-14-5-3-2-4-6-14/h2-10,19H,11H2,1H3. The molecular formula is C17H15NO3. The van der Waals surface area contributed by atoms with Crippen LogP contribution in [-0.4, -0.2) is 10.3 Å². The van der Waals surface area contributed by atoms with Gasteiger partial charge in [0.2, 0.25) is 0 Å². The van der Waals surface area contributed by atoms with Crippen molar-refractivity contribution >= 4 is 0 Å². The molecule has 0 atom stereocenters. The highest BCUT2D eigenvalue weighted by atomic mass is 16.5. The summed E-state index contributed by atoms with van der Waals surface area (Å²) in [6.07, 6.45) is 0. The molecule has 2 aromatic carbocycles. The number of aliphatic hydroxyl groups excluding tert-OH is 1. The zero-order valence-corrected chi connectivity index (χ0v) is 11.6. The molecule has 1 aromatic heterocycles. The summed E-state index contributed by atoms with van der Waals surface area (Å²) in [5.74, 6) is 2.24. The normalized spacial score (nSPS) is 10.6. The summed E-state index contributed by atoms with van der Waals surface area (Å²) in [7, 11) is 0. The van der Waals surface area contributed by atoms with Crippen LogP contribution in [0.4, 0.5) is 0 Å². The second kappa shape index (κ2) is 5.81. The lowest BCUT2D eigenvalue weighted by Crippen LogP contribution is -1.89. The average molecular weight is 281 g/mol. The molecule has 4 nitrogen and oxygen atoms in total. The van der Waals surface area contributed by atoms with Gasteiger partial charge in [0, 0.05) is 5.56 Å². The maximum absolute atomic E-state index is 9.30. The first-order chi connectivity index (χ1) is 10.3. The minimum absolute atomic E-state index is 0.144. The lowest BCUT2D eigenvalue weighted by molar-refractivity contribution is 0.266. The number of ether oxygens (including phenoxy) is 1. The Balaban J connectivity index is 1.86. The van der Waals surface area contributed by atoms with Crippen molar-refractivity contribution in [1.29, 1.82) is 0 Å². The van der Waals surface area contributed by atoms with Gasteiger partial charge < -0.3 is 14.4 Å². The SMILES string of the molecule is Cc1onc(CO)c1-c1ccc(Oc2ccccc2)cc1. The molecule has 1 heterocycles. The Hall–Kier alpha value is -2.59. The van der Waals surface area contributed by atoms with Crippen LogP contribution in [0.5, 0.6) is 11.5 Å². The lowest BCUT2D eigenvalue weighted by atomic mass is 10.0. The Morgan fingerprint density at radius 3 is 2.33 bits per heavy atom. The van der Waals surface area contributed by atoms with E-state index in [1.807, 2.05) is 61.5 Å². The van der Waals surface area contributed by atoms with Crippen molar-refractivity contribution in [2.45, 2.75) is 13.5 Å². The average Bonchev–Trinajstić information content (AvgIpc) is 2.90. The highest BCUT2D eigenvalue weighted by Gasteiger charge is 2.13. The third-order valence-corrected chi connectivity index (χ3v) is 3.21. The van der Waals surface area contributed by atoms with E-state index in [4.69, 9.17) is 9.26 Å². The third-order valence-electron chi connectivity index (χ3n) is 3.21. The van der Waals surface area contributed by atoms with Crippen LogP contribution in [0, 0.1) is 6.92 Å². The molecule has 0 aliphatic rings. The summed E-state index contributed by atoms with van der Waals surface area (Å²) in [5, 5.41) is 13.1. The van der Waals surface area contributed by atoms with Crippen LogP contribution in [-0.2, 0) is 6.61 Å². The molecule has 0 unspecified atom stereocenters. The smallest absolute Gasteiger partial charge is 0.141 e. The number of hydrogen-bond acceptors (Lipinski definition) is 4. The molecule has 0 saturated carbocycles. The number of rotatable bonds is 4. The minimum atomic E-state index is -0.144. The summed E-state index contributed by atoms with van der Waals surface area (Å²) in [5.41, 5.74) is 2.33. The van der Waals surface area contributed by atoms with Crippen LogP contribution in [0.25, 0.3) is 11.1 Å². The van der Waals surface area contributed by atoms with Gasteiger partial charge in [0.1, 0.15) is 23.0 Å². The van der Waals surface area contributed by atoms with Crippen molar-refractivity contribution in [3.05, 3.63) is 66.1 Å². The Morgan fingerprint density at radius 1 is 1.00 bits per heavy atom. The van der Waals surface area contributed by atoms with E-state index >= 15 is 0 Å². The number of benzene rings is 2. The van der Waals surface area contributed by atoms with Crippen LogP contribution < -0.4 is 4.74 Å². The van der Waals surface area contributed by atoms with Gasteiger partial charge in [-0.25, -0.2) is 0 Å². The quantitative estimate of drug-likeness (QED) is 0.787. The van der Waals surface area contributed by atoms with E-state index in [9.17, 15) is 5.11 Å². The monoisotopic (exact) mass is 281 g/mol. The Morgan fingerprint density at radius 2 is 1.67 bits per heavy atom. The van der Waals surface area contributed by atoms with Crippen molar-refractivity contribution in [3.63, 3.8) is 0 Å². The van der Waals surface area contributed by atoms with Gasteiger partial charge in [-0.15, -0.1) is 0 Å². The van der Waals surface area contributed by atoms with E-state index in [1.54, 1.807) is 0 Å². The van der Waals surface area contributed by atoms with Gasteiger partial charge in [0.15, 0.2) is 0 Å². The summed E-state index contributed by atoms with van der Waals surface area (Å²) in [6, 6.07) is 17.2. The first-order valence-corrected chi connectivity index (χ1v) is 6.67. The van der Waals surface area contributed by atoms with Gasteiger partial charge >= 0.3 is 0 Å². The van der Waals surface area contributed by atoms with Crippen molar-refractivity contribution < 1.29 is 14.4 Å². The van der Waals surface area contributed by atoms with Gasteiger partial charge in [-0.2, -0.15) is 0 Å². The molecule has 0 saturated heterocycles. The maximum Gasteiger partial charge on any atom is 0.141 e. The molecule has 0 fully saturated rings. The zero-order valence-electron chi connectivity index (χ0n) is 11.6. The summed E-state index contributed by atoms with van der Waals surface area (Å²) in [4.78, 5) is 0. The molecule has 0 aliphatic carbocycles. The van der Waals surface area contributed by atoms with Crippen LogP contribution in [0.15, 0.2) is 59.1 Å². The third kappa shape index (κ3) is 2.80. The summed E-state index contributed by atoms with van der Waals surface area (Å²) < 4.78 is 10.9. The molecule has 3 aromatic rings. The van der Waals surface area contributed by atoms with Gasteiger partial charge in [-0.3, -0.25) is 0 Å². The molecule has 0 aliphatic heterocycles. The predicted molar refractivity (Wildman–Crippen MR) is 79.1 cm³/mol. The molecular weight excluding hydrogens is 266 g/mol. The van der Waals surface area contributed by atoms with Crippen LogP contribution >= 0.6 is 0 Å². The Kier molecular flexibility index (Phi) is 3.71.